The Labute approximate surface area is 143 Å². The molecule has 0 bridgehead atoms. The van der Waals surface area contributed by atoms with E-state index in [-0.39, 0.29) is 5.56 Å². The number of carbonyl (C=O) groups excluding carboxylic acids is 2. The number of esters is 1. The van der Waals surface area contributed by atoms with Gasteiger partial charge in [0.2, 0.25) is 0 Å². The van der Waals surface area contributed by atoms with E-state index in [9.17, 15) is 14.0 Å². The van der Waals surface area contributed by atoms with Gasteiger partial charge in [0, 0.05) is 15.5 Å². The molecule has 1 aromatic heterocycles. The number of carbonyl (C=O) groups is 2. The van der Waals surface area contributed by atoms with Crippen LogP contribution in [0.15, 0.2) is 28.1 Å². The van der Waals surface area contributed by atoms with Crippen molar-refractivity contribution in [3.63, 3.8) is 0 Å². The lowest BCUT2D eigenvalue weighted by Crippen LogP contribution is -2.20. The predicted octanol–water partition coefficient (Wildman–Crippen LogP) is 3.39. The van der Waals surface area contributed by atoms with Gasteiger partial charge in [0.05, 0.1) is 11.6 Å². The maximum atomic E-state index is 13.6. The second kappa shape index (κ2) is 7.44. The van der Waals surface area contributed by atoms with Crippen LogP contribution < -0.4 is 0 Å². The third-order valence-corrected chi connectivity index (χ3v) is 4.35. The van der Waals surface area contributed by atoms with Crippen molar-refractivity contribution < 1.29 is 18.7 Å². The number of hydrogen-bond acceptors (Lipinski definition) is 6. The fourth-order valence-electron chi connectivity index (χ4n) is 1.72. The van der Waals surface area contributed by atoms with Crippen LogP contribution >= 0.6 is 27.3 Å². The Balaban J connectivity index is 2.03. The van der Waals surface area contributed by atoms with Crippen LogP contribution in [0.1, 0.15) is 27.0 Å². The van der Waals surface area contributed by atoms with Gasteiger partial charge in [-0.15, -0.1) is 11.3 Å². The summed E-state index contributed by atoms with van der Waals surface area (Å²) in [5.41, 5.74) is 0.423. The van der Waals surface area contributed by atoms with Crippen molar-refractivity contribution in [1.29, 1.82) is 5.26 Å². The van der Waals surface area contributed by atoms with Crippen molar-refractivity contribution in [3.05, 3.63) is 50.1 Å². The molecular weight excluding hydrogens is 387 g/mol. The van der Waals surface area contributed by atoms with Gasteiger partial charge in [0.15, 0.2) is 18.3 Å². The third-order valence-electron chi connectivity index (χ3n) is 2.83. The topological polar surface area (TPSA) is 80.0 Å². The lowest BCUT2D eigenvalue weighted by molar-refractivity contribution is -0.122. The second-order valence-corrected chi connectivity index (χ2v) is 6.36. The number of aromatic nitrogens is 1. The van der Waals surface area contributed by atoms with E-state index in [4.69, 9.17) is 10.00 Å². The van der Waals surface area contributed by atoms with Gasteiger partial charge in [-0.1, -0.05) is 15.9 Å². The first kappa shape index (κ1) is 17.2. The van der Waals surface area contributed by atoms with Crippen molar-refractivity contribution >= 4 is 39.0 Å². The molecule has 0 saturated carbocycles. The number of thiazole rings is 1. The molecule has 2 aromatic rings. The Bertz CT molecular complexity index is 800. The molecule has 0 aliphatic carbocycles. The van der Waals surface area contributed by atoms with Gasteiger partial charge < -0.3 is 4.74 Å². The number of nitrogens with zero attached hydrogens (tertiary/aromatic N) is 2. The molecule has 2 rings (SSSR count). The minimum Gasteiger partial charge on any atom is -0.454 e. The van der Waals surface area contributed by atoms with Crippen molar-refractivity contribution in [2.24, 2.45) is 0 Å². The fraction of sp³-hybridized carbons (Fsp3) is 0.200. The van der Waals surface area contributed by atoms with Crippen molar-refractivity contribution in [2.45, 2.75) is 12.8 Å². The fourth-order valence-corrected chi connectivity index (χ4v) is 2.92. The molecule has 0 saturated heterocycles. The molecule has 23 heavy (non-hydrogen) atoms. The number of halogens is 2. The van der Waals surface area contributed by atoms with Crippen LogP contribution in [0.2, 0.25) is 0 Å². The molecule has 1 aromatic carbocycles. The largest absolute Gasteiger partial charge is 0.454 e. The molecule has 0 fully saturated rings. The summed E-state index contributed by atoms with van der Waals surface area (Å²) in [6.07, 6.45) is 0. The molecule has 0 aliphatic heterocycles. The monoisotopic (exact) mass is 396 g/mol. The highest BCUT2D eigenvalue weighted by Crippen LogP contribution is 2.21. The Morgan fingerprint density at radius 1 is 1.52 bits per heavy atom. The lowest BCUT2D eigenvalue weighted by atomic mass is 10.1. The van der Waals surface area contributed by atoms with E-state index in [0.29, 0.717) is 15.2 Å². The van der Waals surface area contributed by atoms with Crippen LogP contribution in [-0.4, -0.2) is 23.3 Å². The second-order valence-electron chi connectivity index (χ2n) is 4.56. The van der Waals surface area contributed by atoms with E-state index in [1.165, 1.54) is 23.5 Å². The van der Waals surface area contributed by atoms with Crippen LogP contribution in [0.5, 0.6) is 0 Å². The number of aryl methyl sites for hydroxylation is 1. The molecule has 0 spiro atoms. The summed E-state index contributed by atoms with van der Waals surface area (Å²) in [5.74, 6) is -3.43. The average Bonchev–Trinajstić information content (AvgIpc) is 2.92. The Morgan fingerprint density at radius 2 is 2.26 bits per heavy atom. The molecule has 0 unspecified atom stereocenters. The first-order valence-corrected chi connectivity index (χ1v) is 8.06. The molecule has 1 atom stereocenters. The van der Waals surface area contributed by atoms with Gasteiger partial charge in [-0.05, 0) is 25.1 Å². The first-order valence-electron chi connectivity index (χ1n) is 6.39. The molecule has 0 aliphatic rings. The molecule has 1 heterocycles. The lowest BCUT2D eigenvalue weighted by Gasteiger charge is -2.07. The van der Waals surface area contributed by atoms with E-state index in [1.54, 1.807) is 12.3 Å². The SMILES string of the molecule is Cc1csc([C@@H](C#N)C(=O)COC(=O)c2ccc(Br)cc2F)n1. The summed E-state index contributed by atoms with van der Waals surface area (Å²) in [4.78, 5) is 27.9. The summed E-state index contributed by atoms with van der Waals surface area (Å²) in [7, 11) is 0. The summed E-state index contributed by atoms with van der Waals surface area (Å²) >= 11 is 4.26. The maximum Gasteiger partial charge on any atom is 0.341 e. The highest BCUT2D eigenvalue weighted by molar-refractivity contribution is 9.10. The normalized spacial score (nSPS) is 11.6. The van der Waals surface area contributed by atoms with Crippen LogP contribution in [0.25, 0.3) is 0 Å². The van der Waals surface area contributed by atoms with Gasteiger partial charge in [0.1, 0.15) is 10.8 Å². The number of benzene rings is 1. The molecule has 8 heteroatoms. The van der Waals surface area contributed by atoms with Gasteiger partial charge in [0.25, 0.3) is 0 Å². The highest BCUT2D eigenvalue weighted by atomic mass is 79.9. The standard InChI is InChI=1S/C15H10BrFN2O3S/c1-8-7-23-14(19-8)11(5-18)13(20)6-22-15(21)10-3-2-9(16)4-12(10)17/h2-4,7,11H,6H2,1H3/t11-/m0/s1. The van der Waals surface area contributed by atoms with Crippen molar-refractivity contribution in [1.82, 2.24) is 4.98 Å². The molecular formula is C15H10BrFN2O3S. The number of Topliss-reactive ketones (excluding diaryl/α,β-unsaturated/α-hetero) is 1. The molecule has 118 valence electrons. The van der Waals surface area contributed by atoms with E-state index in [1.807, 2.05) is 6.07 Å². The first-order chi connectivity index (χ1) is 10.9. The van der Waals surface area contributed by atoms with Gasteiger partial charge in [-0.25, -0.2) is 14.2 Å². The number of hydrogen-bond donors (Lipinski definition) is 0. The minimum atomic E-state index is -1.10. The quantitative estimate of drug-likeness (QED) is 0.723. The Hall–Kier alpha value is -2.11. The smallest absolute Gasteiger partial charge is 0.341 e. The molecule has 0 N–H and O–H groups in total. The zero-order chi connectivity index (χ0) is 17.0. The maximum absolute atomic E-state index is 13.6. The van der Waals surface area contributed by atoms with Gasteiger partial charge >= 0.3 is 5.97 Å². The van der Waals surface area contributed by atoms with E-state index in [2.05, 4.69) is 20.9 Å². The average molecular weight is 397 g/mol. The molecule has 0 radical (unpaired) electrons. The van der Waals surface area contributed by atoms with Crippen LogP contribution in [0, 0.1) is 24.1 Å². The zero-order valence-electron chi connectivity index (χ0n) is 11.9. The summed E-state index contributed by atoms with van der Waals surface area (Å²) in [5, 5.41) is 11.2. The van der Waals surface area contributed by atoms with E-state index in [0.717, 1.165) is 6.07 Å². The Kier molecular flexibility index (Phi) is 5.58. The number of ether oxygens (including phenoxy) is 1. The molecule has 5 nitrogen and oxygen atoms in total. The van der Waals surface area contributed by atoms with Gasteiger partial charge in [-0.2, -0.15) is 5.26 Å². The van der Waals surface area contributed by atoms with Crippen molar-refractivity contribution in [3.8, 4) is 6.07 Å². The van der Waals surface area contributed by atoms with Gasteiger partial charge in [-0.3, -0.25) is 4.79 Å². The Morgan fingerprint density at radius 3 is 2.83 bits per heavy atom. The summed E-state index contributed by atoms with van der Waals surface area (Å²) in [6, 6.07) is 5.69. The third kappa shape index (κ3) is 4.21. The summed E-state index contributed by atoms with van der Waals surface area (Å²) < 4.78 is 18.9. The predicted molar refractivity (Wildman–Crippen MR) is 84.6 cm³/mol. The van der Waals surface area contributed by atoms with E-state index < -0.39 is 30.1 Å². The highest BCUT2D eigenvalue weighted by Gasteiger charge is 2.25. The van der Waals surface area contributed by atoms with Crippen molar-refractivity contribution in [2.75, 3.05) is 6.61 Å². The number of ketones is 1. The number of rotatable bonds is 5. The molecule has 0 amide bonds. The van der Waals surface area contributed by atoms with Crippen LogP contribution in [0.3, 0.4) is 0 Å². The van der Waals surface area contributed by atoms with Crippen LogP contribution in [0.4, 0.5) is 4.39 Å². The minimum absolute atomic E-state index is 0.278. The summed E-state index contributed by atoms with van der Waals surface area (Å²) in [6.45, 7) is 1.13. The zero-order valence-corrected chi connectivity index (χ0v) is 14.3. The van der Waals surface area contributed by atoms with Crippen LogP contribution in [-0.2, 0) is 9.53 Å². The number of nitriles is 1. The van der Waals surface area contributed by atoms with E-state index >= 15 is 0 Å².